The number of amides is 3. The second-order valence-corrected chi connectivity index (χ2v) is 7.79. The zero-order valence-corrected chi connectivity index (χ0v) is 17.4. The van der Waals surface area contributed by atoms with Gasteiger partial charge >= 0.3 is 6.03 Å². The summed E-state index contributed by atoms with van der Waals surface area (Å²) in [6, 6.07) is 6.38. The smallest absolute Gasteiger partial charge is 0.328 e. The van der Waals surface area contributed by atoms with E-state index < -0.39 is 12.2 Å². The number of benzene rings is 1. The molecule has 3 amide bonds. The van der Waals surface area contributed by atoms with Crippen LogP contribution >= 0.6 is 11.6 Å². The number of nitrogens with zero attached hydrogens (tertiary/aromatic N) is 4. The summed E-state index contributed by atoms with van der Waals surface area (Å²) in [5, 5.41) is 3.87. The van der Waals surface area contributed by atoms with Crippen molar-refractivity contribution in [3.05, 3.63) is 34.9 Å². The lowest BCUT2D eigenvalue weighted by atomic mass is 10.1. The number of hydrogen-bond donors (Lipinski definition) is 1. The maximum atomic E-state index is 13.1. The van der Waals surface area contributed by atoms with E-state index in [0.29, 0.717) is 17.5 Å². The molecule has 0 saturated carbocycles. The van der Waals surface area contributed by atoms with Gasteiger partial charge in [-0.15, -0.1) is 0 Å². The van der Waals surface area contributed by atoms with Gasteiger partial charge in [0.2, 0.25) is 0 Å². The van der Waals surface area contributed by atoms with Gasteiger partial charge in [-0.1, -0.05) is 49.9 Å². The monoisotopic (exact) mass is 405 g/mol. The third-order valence-electron chi connectivity index (χ3n) is 5.32. The Kier molecular flexibility index (Phi) is 6.44. The number of fused-ring (bicyclic) bond motifs is 1. The Labute approximate surface area is 171 Å². The van der Waals surface area contributed by atoms with Gasteiger partial charge in [-0.25, -0.2) is 4.79 Å². The highest BCUT2D eigenvalue weighted by atomic mass is 35.5. The van der Waals surface area contributed by atoms with Gasteiger partial charge in [-0.05, 0) is 24.1 Å². The topological polar surface area (TPSA) is 68.2 Å². The van der Waals surface area contributed by atoms with Gasteiger partial charge in [0.05, 0.1) is 6.54 Å². The van der Waals surface area contributed by atoms with E-state index in [4.69, 9.17) is 11.6 Å². The van der Waals surface area contributed by atoms with Gasteiger partial charge in [0.15, 0.2) is 12.0 Å². The molecule has 152 valence electrons. The van der Waals surface area contributed by atoms with Crippen molar-refractivity contribution in [2.75, 3.05) is 20.6 Å². The Balaban J connectivity index is 1.72. The summed E-state index contributed by atoms with van der Waals surface area (Å²) in [7, 11) is 3.57. The predicted octanol–water partition coefficient (Wildman–Crippen LogP) is 2.90. The number of unbranched alkanes of at least 4 members (excludes halogenated alkanes) is 3. The summed E-state index contributed by atoms with van der Waals surface area (Å²) in [5.74, 6) is 0.460. The van der Waals surface area contributed by atoms with Gasteiger partial charge in [-0.2, -0.15) is 0 Å². The molecule has 2 heterocycles. The molecule has 1 aromatic carbocycles. The molecule has 2 aliphatic heterocycles. The molecule has 2 fully saturated rings. The van der Waals surface area contributed by atoms with Crippen LogP contribution in [0, 0.1) is 0 Å². The lowest BCUT2D eigenvalue weighted by Gasteiger charge is -2.40. The van der Waals surface area contributed by atoms with Crippen molar-refractivity contribution in [3.8, 4) is 0 Å². The number of carbonyl (C=O) groups is 2. The molecular formula is C20H28ClN5O2. The van der Waals surface area contributed by atoms with E-state index in [1.807, 2.05) is 24.1 Å². The third kappa shape index (κ3) is 4.09. The standard InChI is InChI=1S/C20H28ClN5O2/c1-4-5-6-7-12-22-19-23-17-16(24(19)2)18(27)26(20(28)25(17)3)13-14-8-10-15(21)11-9-14/h8-11,16-17H,4-7,12-13H2,1-3H3,(H,22,23). The zero-order valence-electron chi connectivity index (χ0n) is 16.7. The summed E-state index contributed by atoms with van der Waals surface area (Å²) in [6.07, 6.45) is 4.16. The minimum absolute atomic E-state index is 0.214. The third-order valence-corrected chi connectivity index (χ3v) is 5.58. The number of nitrogens with one attached hydrogen (secondary N) is 1. The minimum atomic E-state index is -0.482. The van der Waals surface area contributed by atoms with Crippen LogP contribution in [0.1, 0.15) is 38.2 Å². The fraction of sp³-hybridized carbons (Fsp3) is 0.550. The van der Waals surface area contributed by atoms with Crippen LogP contribution in [0.15, 0.2) is 29.3 Å². The fourth-order valence-corrected chi connectivity index (χ4v) is 3.75. The fourth-order valence-electron chi connectivity index (χ4n) is 3.63. The number of halogens is 1. The number of carbonyl (C=O) groups excluding carboxylic acids is 2. The molecule has 1 N–H and O–H groups in total. The van der Waals surface area contributed by atoms with Gasteiger partial charge in [-0.3, -0.25) is 14.7 Å². The number of rotatable bonds is 7. The summed E-state index contributed by atoms with van der Waals surface area (Å²) in [4.78, 5) is 35.3. The van der Waals surface area contributed by atoms with E-state index in [-0.39, 0.29) is 18.5 Å². The quantitative estimate of drug-likeness (QED) is 0.708. The minimum Gasteiger partial charge on any atom is -0.334 e. The van der Waals surface area contributed by atoms with Crippen LogP contribution in [0.4, 0.5) is 4.79 Å². The van der Waals surface area contributed by atoms with Gasteiger partial charge in [0, 0.05) is 25.7 Å². The molecule has 0 spiro atoms. The van der Waals surface area contributed by atoms with E-state index in [2.05, 4.69) is 17.2 Å². The highest BCUT2D eigenvalue weighted by Crippen LogP contribution is 2.25. The first kappa shape index (κ1) is 20.5. The molecule has 28 heavy (non-hydrogen) atoms. The lowest BCUT2D eigenvalue weighted by molar-refractivity contribution is -0.137. The Hall–Kier alpha value is -2.28. The predicted molar refractivity (Wildman–Crippen MR) is 110 cm³/mol. The van der Waals surface area contributed by atoms with E-state index >= 15 is 0 Å². The first-order valence-corrected chi connectivity index (χ1v) is 10.2. The van der Waals surface area contributed by atoms with E-state index in [9.17, 15) is 9.59 Å². The van der Waals surface area contributed by atoms with Crippen LogP contribution in [0.25, 0.3) is 0 Å². The van der Waals surface area contributed by atoms with Crippen molar-refractivity contribution >= 4 is 29.5 Å². The molecule has 1 aromatic rings. The second kappa shape index (κ2) is 8.82. The molecule has 7 nitrogen and oxygen atoms in total. The highest BCUT2D eigenvalue weighted by molar-refractivity contribution is 6.30. The molecule has 2 saturated heterocycles. The largest absolute Gasteiger partial charge is 0.334 e. The average molecular weight is 406 g/mol. The van der Waals surface area contributed by atoms with Gasteiger partial charge < -0.3 is 15.1 Å². The number of imide groups is 1. The summed E-state index contributed by atoms with van der Waals surface area (Å²) >= 11 is 5.93. The Morgan fingerprint density at radius 1 is 1.07 bits per heavy atom. The molecule has 2 unspecified atom stereocenters. The number of likely N-dealkylation sites (N-methyl/N-ethyl adjacent to an activating group) is 2. The molecular weight excluding hydrogens is 378 g/mol. The average Bonchev–Trinajstić information content (AvgIpc) is 3.01. The highest BCUT2D eigenvalue weighted by Gasteiger charge is 2.51. The van der Waals surface area contributed by atoms with Crippen LogP contribution in [-0.2, 0) is 11.3 Å². The summed E-state index contributed by atoms with van der Waals surface area (Å²) in [6.45, 7) is 3.11. The number of guanidine groups is 1. The SMILES string of the molecule is CCCCCCN=C1NC2C(C(=O)N(Cc3ccc(Cl)cc3)C(=O)N2C)N1C. The molecule has 3 rings (SSSR count). The second-order valence-electron chi connectivity index (χ2n) is 7.36. The van der Waals surface area contributed by atoms with Crippen LogP contribution in [0.2, 0.25) is 5.02 Å². The Bertz CT molecular complexity index is 751. The van der Waals surface area contributed by atoms with Crippen molar-refractivity contribution in [2.45, 2.75) is 51.4 Å². The van der Waals surface area contributed by atoms with Crippen molar-refractivity contribution in [1.82, 2.24) is 20.0 Å². The molecule has 0 radical (unpaired) electrons. The summed E-state index contributed by atoms with van der Waals surface area (Å²) < 4.78 is 0. The first-order valence-electron chi connectivity index (χ1n) is 9.80. The van der Waals surface area contributed by atoms with E-state index in [0.717, 1.165) is 18.4 Å². The van der Waals surface area contributed by atoms with E-state index in [1.165, 1.54) is 17.7 Å². The lowest BCUT2D eigenvalue weighted by Crippen LogP contribution is -2.65. The number of aliphatic imine (C=N–C) groups is 1. The van der Waals surface area contributed by atoms with Crippen LogP contribution in [0.5, 0.6) is 0 Å². The number of urea groups is 1. The molecule has 2 atom stereocenters. The Morgan fingerprint density at radius 3 is 2.46 bits per heavy atom. The van der Waals surface area contributed by atoms with Crippen LogP contribution in [0.3, 0.4) is 0 Å². The molecule has 8 heteroatoms. The van der Waals surface area contributed by atoms with Crippen LogP contribution < -0.4 is 5.32 Å². The Morgan fingerprint density at radius 2 is 1.79 bits per heavy atom. The molecule has 0 aromatic heterocycles. The van der Waals surface area contributed by atoms with Crippen LogP contribution in [-0.4, -0.2) is 65.4 Å². The summed E-state index contributed by atoms with van der Waals surface area (Å²) in [5.41, 5.74) is 0.858. The maximum Gasteiger partial charge on any atom is 0.328 e. The van der Waals surface area contributed by atoms with Crippen molar-refractivity contribution in [2.24, 2.45) is 4.99 Å². The number of hydrogen-bond acceptors (Lipinski definition) is 3. The molecule has 0 bridgehead atoms. The van der Waals surface area contributed by atoms with Gasteiger partial charge in [0.25, 0.3) is 5.91 Å². The molecule has 0 aliphatic carbocycles. The van der Waals surface area contributed by atoms with Crippen molar-refractivity contribution < 1.29 is 9.59 Å². The molecule has 2 aliphatic rings. The normalized spacial score (nSPS) is 23.4. The van der Waals surface area contributed by atoms with E-state index in [1.54, 1.807) is 24.1 Å². The maximum absolute atomic E-state index is 13.1. The van der Waals surface area contributed by atoms with Crippen molar-refractivity contribution in [3.63, 3.8) is 0 Å². The van der Waals surface area contributed by atoms with Crippen molar-refractivity contribution in [1.29, 1.82) is 0 Å². The zero-order chi connectivity index (χ0) is 20.3. The first-order chi connectivity index (χ1) is 13.4. The van der Waals surface area contributed by atoms with Gasteiger partial charge in [0.1, 0.15) is 6.17 Å².